The first-order valence-electron chi connectivity index (χ1n) is 6.99. The van der Waals surface area contributed by atoms with Crippen molar-refractivity contribution in [2.24, 2.45) is 11.7 Å². The van der Waals surface area contributed by atoms with Crippen molar-refractivity contribution in [1.29, 1.82) is 0 Å². The lowest BCUT2D eigenvalue weighted by atomic mass is 10.1. The van der Waals surface area contributed by atoms with Crippen LogP contribution in [0.25, 0.3) is 5.52 Å². The molecule has 1 amide bonds. The molecule has 112 valence electrons. The van der Waals surface area contributed by atoms with Gasteiger partial charge in [-0.05, 0) is 18.1 Å². The number of hydrogen-bond donors (Lipinski definition) is 1. The molecule has 0 atom stereocenters. The van der Waals surface area contributed by atoms with Crippen LogP contribution in [0.1, 0.15) is 30.6 Å². The Hall–Kier alpha value is -1.95. The molecular formula is C15H20N4OS. The standard InChI is InChI=1S/C15H20N4OS/c1-11(2)10-18(8-6-14(16)21)15(20)12-9-17-19-7-4-3-5-13(12)19/h3-5,7,9,11H,6,8,10H2,1-2H3,(H2,16,21). The number of nitrogens with two attached hydrogens (primary N) is 1. The van der Waals surface area contributed by atoms with Crippen LogP contribution in [-0.2, 0) is 0 Å². The zero-order valence-electron chi connectivity index (χ0n) is 12.3. The Labute approximate surface area is 129 Å². The summed E-state index contributed by atoms with van der Waals surface area (Å²) in [4.78, 5) is 15.0. The molecule has 0 fully saturated rings. The lowest BCUT2D eigenvalue weighted by molar-refractivity contribution is 0.0743. The van der Waals surface area contributed by atoms with E-state index < -0.39 is 0 Å². The van der Waals surface area contributed by atoms with Gasteiger partial charge in [0, 0.05) is 25.7 Å². The Morgan fingerprint density at radius 3 is 2.90 bits per heavy atom. The fraction of sp³-hybridized carbons (Fsp3) is 0.400. The van der Waals surface area contributed by atoms with E-state index in [1.54, 1.807) is 15.6 Å². The number of hydrogen-bond acceptors (Lipinski definition) is 3. The normalized spacial score (nSPS) is 11.0. The third-order valence-electron chi connectivity index (χ3n) is 3.16. The van der Waals surface area contributed by atoms with Gasteiger partial charge in [-0.1, -0.05) is 32.1 Å². The summed E-state index contributed by atoms with van der Waals surface area (Å²) in [6.07, 6.45) is 3.98. The average molecular weight is 304 g/mol. The topological polar surface area (TPSA) is 63.6 Å². The Morgan fingerprint density at radius 2 is 2.24 bits per heavy atom. The molecule has 21 heavy (non-hydrogen) atoms. The number of fused-ring (bicyclic) bond motifs is 1. The molecule has 0 spiro atoms. The van der Waals surface area contributed by atoms with E-state index in [0.717, 1.165) is 5.52 Å². The predicted octanol–water partition coefficient (Wildman–Crippen LogP) is 2.11. The smallest absolute Gasteiger partial charge is 0.257 e. The van der Waals surface area contributed by atoms with Gasteiger partial charge in [-0.25, -0.2) is 4.52 Å². The van der Waals surface area contributed by atoms with Crippen molar-refractivity contribution in [3.63, 3.8) is 0 Å². The number of aromatic nitrogens is 2. The molecule has 2 heterocycles. The number of pyridine rings is 1. The van der Waals surface area contributed by atoms with Crippen LogP contribution in [0.15, 0.2) is 30.6 Å². The summed E-state index contributed by atoms with van der Waals surface area (Å²) in [5, 5.41) is 4.22. The minimum absolute atomic E-state index is 0.0267. The second kappa shape index (κ2) is 6.67. The molecule has 2 aromatic heterocycles. The first-order valence-corrected chi connectivity index (χ1v) is 7.40. The molecule has 2 N–H and O–H groups in total. The van der Waals surface area contributed by atoms with E-state index in [9.17, 15) is 4.79 Å². The lowest BCUT2D eigenvalue weighted by Gasteiger charge is -2.24. The van der Waals surface area contributed by atoms with Gasteiger partial charge in [-0.3, -0.25) is 4.79 Å². The van der Waals surface area contributed by atoms with E-state index in [1.165, 1.54) is 0 Å². The zero-order valence-corrected chi connectivity index (χ0v) is 13.1. The van der Waals surface area contributed by atoms with Gasteiger partial charge < -0.3 is 10.6 Å². The first kappa shape index (κ1) is 15.4. The quantitative estimate of drug-likeness (QED) is 0.830. The number of thiocarbonyl (C=S) groups is 1. The van der Waals surface area contributed by atoms with E-state index in [1.807, 2.05) is 24.4 Å². The van der Waals surface area contributed by atoms with Gasteiger partial charge in [0.1, 0.15) is 0 Å². The molecule has 5 nitrogen and oxygen atoms in total. The summed E-state index contributed by atoms with van der Waals surface area (Å²) in [6, 6.07) is 5.67. The van der Waals surface area contributed by atoms with Gasteiger partial charge in [0.2, 0.25) is 0 Å². The lowest BCUT2D eigenvalue weighted by Crippen LogP contribution is -2.36. The van der Waals surface area contributed by atoms with Crippen LogP contribution in [0, 0.1) is 5.92 Å². The van der Waals surface area contributed by atoms with Gasteiger partial charge in [-0.15, -0.1) is 0 Å². The highest BCUT2D eigenvalue weighted by molar-refractivity contribution is 7.80. The van der Waals surface area contributed by atoms with Gasteiger partial charge in [0.15, 0.2) is 0 Å². The summed E-state index contributed by atoms with van der Waals surface area (Å²) in [7, 11) is 0. The van der Waals surface area contributed by atoms with Crippen molar-refractivity contribution in [3.05, 3.63) is 36.2 Å². The van der Waals surface area contributed by atoms with E-state index >= 15 is 0 Å². The SMILES string of the molecule is CC(C)CN(CCC(N)=S)C(=O)c1cnn2ccccc12. The average Bonchev–Trinajstić information content (AvgIpc) is 2.86. The highest BCUT2D eigenvalue weighted by Gasteiger charge is 2.20. The van der Waals surface area contributed by atoms with Crippen LogP contribution in [0.3, 0.4) is 0 Å². The monoisotopic (exact) mass is 304 g/mol. The molecule has 0 aliphatic heterocycles. The van der Waals surface area contributed by atoms with Crippen molar-refractivity contribution in [1.82, 2.24) is 14.5 Å². The molecule has 0 aliphatic rings. The molecule has 0 bridgehead atoms. The minimum Gasteiger partial charge on any atom is -0.393 e. The highest BCUT2D eigenvalue weighted by atomic mass is 32.1. The van der Waals surface area contributed by atoms with Crippen LogP contribution in [0.5, 0.6) is 0 Å². The minimum atomic E-state index is -0.0267. The fourth-order valence-electron chi connectivity index (χ4n) is 2.23. The first-order chi connectivity index (χ1) is 9.99. The Bertz CT molecular complexity index is 650. The van der Waals surface area contributed by atoms with E-state index in [2.05, 4.69) is 18.9 Å². The fourth-order valence-corrected chi connectivity index (χ4v) is 2.32. The molecule has 0 radical (unpaired) electrons. The second-order valence-corrected chi connectivity index (χ2v) is 5.97. The maximum Gasteiger partial charge on any atom is 0.257 e. The van der Waals surface area contributed by atoms with Gasteiger partial charge in [-0.2, -0.15) is 5.10 Å². The summed E-state index contributed by atoms with van der Waals surface area (Å²) in [5.74, 6) is 0.350. The van der Waals surface area contributed by atoms with E-state index in [-0.39, 0.29) is 5.91 Å². The van der Waals surface area contributed by atoms with Crippen molar-refractivity contribution in [2.75, 3.05) is 13.1 Å². The van der Waals surface area contributed by atoms with Gasteiger partial charge >= 0.3 is 0 Å². The van der Waals surface area contributed by atoms with Crippen LogP contribution in [-0.4, -0.2) is 38.5 Å². The Kier molecular flexibility index (Phi) is 4.90. The molecule has 0 unspecified atom stereocenters. The predicted molar refractivity (Wildman–Crippen MR) is 87.3 cm³/mol. The van der Waals surface area contributed by atoms with Crippen LogP contribution in [0.4, 0.5) is 0 Å². The van der Waals surface area contributed by atoms with E-state index in [4.69, 9.17) is 18.0 Å². The Balaban J connectivity index is 2.26. The van der Waals surface area contributed by atoms with Crippen molar-refractivity contribution in [2.45, 2.75) is 20.3 Å². The molecule has 2 aromatic rings. The highest BCUT2D eigenvalue weighted by Crippen LogP contribution is 2.14. The molecule has 2 rings (SSSR count). The van der Waals surface area contributed by atoms with Gasteiger partial charge in [0.05, 0.1) is 22.3 Å². The van der Waals surface area contributed by atoms with Crippen LogP contribution in [0.2, 0.25) is 0 Å². The van der Waals surface area contributed by atoms with Crippen molar-refractivity contribution in [3.8, 4) is 0 Å². The van der Waals surface area contributed by atoms with Crippen LogP contribution >= 0.6 is 12.2 Å². The molecule has 0 saturated heterocycles. The number of carbonyl (C=O) groups excluding carboxylic acids is 1. The third kappa shape index (κ3) is 3.78. The van der Waals surface area contributed by atoms with Crippen LogP contribution < -0.4 is 5.73 Å². The number of nitrogens with zero attached hydrogens (tertiary/aromatic N) is 3. The summed E-state index contributed by atoms with van der Waals surface area (Å²) < 4.78 is 1.70. The second-order valence-electron chi connectivity index (χ2n) is 5.45. The molecule has 0 saturated carbocycles. The zero-order chi connectivity index (χ0) is 15.4. The summed E-state index contributed by atoms with van der Waals surface area (Å²) in [6.45, 7) is 5.37. The maximum absolute atomic E-state index is 12.8. The maximum atomic E-state index is 12.8. The molecule has 0 aromatic carbocycles. The van der Waals surface area contributed by atoms with Crippen molar-refractivity contribution < 1.29 is 4.79 Å². The third-order valence-corrected chi connectivity index (χ3v) is 3.36. The Morgan fingerprint density at radius 1 is 1.48 bits per heavy atom. The summed E-state index contributed by atoms with van der Waals surface area (Å²) in [5.41, 5.74) is 6.98. The summed E-state index contributed by atoms with van der Waals surface area (Å²) >= 11 is 4.91. The molecular weight excluding hydrogens is 284 g/mol. The number of amides is 1. The largest absolute Gasteiger partial charge is 0.393 e. The number of rotatable bonds is 6. The molecule has 6 heteroatoms. The van der Waals surface area contributed by atoms with Gasteiger partial charge in [0.25, 0.3) is 5.91 Å². The molecule has 0 aliphatic carbocycles. The van der Waals surface area contributed by atoms with Crippen molar-refractivity contribution >= 4 is 28.6 Å². The number of carbonyl (C=O) groups is 1. The van der Waals surface area contributed by atoms with E-state index in [0.29, 0.717) is 36.0 Å².